The normalized spacial score (nSPS) is 17.1. The first-order valence-electron chi connectivity index (χ1n) is 10.2. The van der Waals surface area contributed by atoms with E-state index in [4.69, 9.17) is 5.11 Å². The second kappa shape index (κ2) is 11.3. The third-order valence-electron chi connectivity index (χ3n) is 5.55. The largest absolute Gasteiger partial charge is 0.506 e. The van der Waals surface area contributed by atoms with Gasteiger partial charge in [-0.3, -0.25) is 4.79 Å². The molecule has 0 radical (unpaired) electrons. The lowest BCUT2D eigenvalue weighted by Gasteiger charge is -2.41. The molecule has 0 aromatic heterocycles. The molecule has 0 fully saturated rings. The highest BCUT2D eigenvalue weighted by Crippen LogP contribution is 2.64. The van der Waals surface area contributed by atoms with Gasteiger partial charge in [0.2, 0.25) is 5.78 Å². The van der Waals surface area contributed by atoms with Crippen LogP contribution in [0.2, 0.25) is 0 Å². The minimum atomic E-state index is -9.21. The summed E-state index contributed by atoms with van der Waals surface area (Å²) in [5.41, 5.74) is 0. The summed E-state index contributed by atoms with van der Waals surface area (Å²) in [6, 6.07) is 0. The smallest absolute Gasteiger partial charge is 0.460 e. The van der Waals surface area contributed by atoms with Crippen LogP contribution in [0, 0.1) is 0 Å². The predicted molar refractivity (Wildman–Crippen MR) is 87.2 cm³/mol. The highest BCUT2D eigenvalue weighted by Gasteiger charge is 2.95. The van der Waals surface area contributed by atoms with E-state index in [1.54, 1.807) is 0 Å². The molecule has 0 saturated heterocycles. The van der Waals surface area contributed by atoms with E-state index >= 15 is 0 Å². The second-order valence-electron chi connectivity index (χ2n) is 8.78. The van der Waals surface area contributed by atoms with Gasteiger partial charge in [0.25, 0.3) is 0 Å². The number of rotatable bonds is 13. The number of hydrogen-bond donors (Lipinski definition) is 1. The summed E-state index contributed by atoms with van der Waals surface area (Å²) in [6.45, 7) is 0. The number of aliphatic hydroxyl groups excluding tert-OH is 1. The standard InChI is InChI=1S/C17H2F30O2/c18-4(19,6(22,23)8(26,27)10(30,31)12(34,35)14(38,39)16(42,43)44)2(48)1-3(49)5(20,21)7(24,25)9(28,29)11(32,33)13(36,37)15(40,41)17(45,46)47/h1,48H. The van der Waals surface area contributed by atoms with Gasteiger partial charge in [0, 0.05) is 6.08 Å². The van der Waals surface area contributed by atoms with Gasteiger partial charge >= 0.3 is 83.4 Å². The maximum Gasteiger partial charge on any atom is 0.460 e. The van der Waals surface area contributed by atoms with Crippen molar-refractivity contribution in [3.05, 3.63) is 11.8 Å². The van der Waals surface area contributed by atoms with Crippen molar-refractivity contribution in [2.24, 2.45) is 0 Å². The van der Waals surface area contributed by atoms with Crippen LogP contribution in [-0.4, -0.2) is 94.3 Å². The summed E-state index contributed by atoms with van der Waals surface area (Å²) in [7, 11) is 0. The third kappa shape index (κ3) is 5.72. The predicted octanol–water partition coefficient (Wildman–Crippen LogP) is 9.75. The molecule has 0 bridgehead atoms. The van der Waals surface area contributed by atoms with Gasteiger partial charge in [-0.2, -0.15) is 132 Å². The van der Waals surface area contributed by atoms with Gasteiger partial charge in [0.05, 0.1) is 0 Å². The number of allylic oxidation sites excluding steroid dienone is 2. The Hall–Kier alpha value is -2.89. The van der Waals surface area contributed by atoms with Crippen molar-refractivity contribution in [2.45, 2.75) is 83.4 Å². The highest BCUT2D eigenvalue weighted by atomic mass is 19.4. The van der Waals surface area contributed by atoms with Crippen molar-refractivity contribution >= 4 is 5.78 Å². The van der Waals surface area contributed by atoms with Gasteiger partial charge in [0.15, 0.2) is 5.76 Å². The van der Waals surface area contributed by atoms with E-state index in [-0.39, 0.29) is 0 Å². The van der Waals surface area contributed by atoms with Gasteiger partial charge in [-0.05, 0) is 0 Å². The molecule has 49 heavy (non-hydrogen) atoms. The van der Waals surface area contributed by atoms with Crippen molar-refractivity contribution in [2.75, 3.05) is 0 Å². The van der Waals surface area contributed by atoms with E-state index in [0.29, 0.717) is 0 Å². The molecule has 292 valence electrons. The Morgan fingerprint density at radius 2 is 0.490 bits per heavy atom. The number of hydrogen-bond acceptors (Lipinski definition) is 2. The lowest BCUT2D eigenvalue weighted by molar-refractivity contribution is -0.451. The summed E-state index contributed by atoms with van der Waals surface area (Å²) in [5, 5.41) is 8.58. The van der Waals surface area contributed by atoms with E-state index < -0.39 is 101 Å². The summed E-state index contributed by atoms with van der Waals surface area (Å²) in [6.07, 6.45) is -19.3. The molecular weight excluding hydrogens is 806 g/mol. The van der Waals surface area contributed by atoms with E-state index in [9.17, 15) is 137 Å². The summed E-state index contributed by atoms with van der Waals surface area (Å²) < 4.78 is 392. The average molecular weight is 808 g/mol. The fourth-order valence-electron chi connectivity index (χ4n) is 2.55. The van der Waals surface area contributed by atoms with Crippen molar-refractivity contribution in [1.29, 1.82) is 0 Å². The molecule has 0 aromatic carbocycles. The van der Waals surface area contributed by atoms with Crippen LogP contribution < -0.4 is 0 Å². The molecule has 2 nitrogen and oxygen atoms in total. The number of carbonyl (C=O) groups excluding carboxylic acids is 1. The molecule has 0 saturated carbocycles. The van der Waals surface area contributed by atoms with Crippen molar-refractivity contribution in [3.63, 3.8) is 0 Å². The second-order valence-corrected chi connectivity index (χ2v) is 8.78. The molecule has 1 N–H and O–H groups in total. The molecule has 0 aromatic rings. The first-order valence-corrected chi connectivity index (χ1v) is 10.2. The molecule has 0 heterocycles. The molecular formula is C17H2F30O2. The minimum absolute atomic E-state index is 3.05. The lowest BCUT2D eigenvalue weighted by atomic mass is 9.88. The number of halogens is 30. The molecule has 32 heteroatoms. The van der Waals surface area contributed by atoms with Crippen LogP contribution in [0.1, 0.15) is 0 Å². The number of alkyl halides is 30. The van der Waals surface area contributed by atoms with Crippen LogP contribution in [0.4, 0.5) is 132 Å². The number of ketones is 1. The fraction of sp³-hybridized carbons (Fsp3) is 0.824. The molecule has 0 rings (SSSR count). The van der Waals surface area contributed by atoms with Crippen molar-refractivity contribution in [3.8, 4) is 0 Å². The van der Waals surface area contributed by atoms with Crippen LogP contribution >= 0.6 is 0 Å². The zero-order chi connectivity index (χ0) is 40.9. The van der Waals surface area contributed by atoms with Gasteiger partial charge in [0.1, 0.15) is 0 Å². The topological polar surface area (TPSA) is 37.3 Å². The quantitative estimate of drug-likeness (QED) is 0.114. The van der Waals surface area contributed by atoms with Crippen molar-refractivity contribution < 1.29 is 142 Å². The van der Waals surface area contributed by atoms with Crippen LogP contribution in [-0.2, 0) is 4.79 Å². The molecule has 0 spiro atoms. The lowest BCUT2D eigenvalue weighted by Crippen LogP contribution is -2.73. The molecule has 0 aliphatic carbocycles. The van der Waals surface area contributed by atoms with E-state index in [1.165, 1.54) is 0 Å². The Kier molecular flexibility index (Phi) is 10.6. The Morgan fingerprint density at radius 3 is 0.714 bits per heavy atom. The molecule has 0 atom stereocenters. The van der Waals surface area contributed by atoms with E-state index in [1.807, 2.05) is 0 Å². The monoisotopic (exact) mass is 808 g/mol. The summed E-state index contributed by atoms with van der Waals surface area (Å²) >= 11 is 0. The molecule has 0 aliphatic heterocycles. The first kappa shape index (κ1) is 46.1. The Bertz CT molecular complexity index is 1280. The zero-order valence-electron chi connectivity index (χ0n) is 20.8. The molecule has 0 aliphatic rings. The van der Waals surface area contributed by atoms with Crippen LogP contribution in [0.15, 0.2) is 11.8 Å². The average Bonchev–Trinajstić information content (AvgIpc) is 2.85. The maximum atomic E-state index is 13.7. The van der Waals surface area contributed by atoms with E-state index in [0.717, 1.165) is 0 Å². The third-order valence-corrected chi connectivity index (χ3v) is 5.55. The Balaban J connectivity index is 7.24. The first-order chi connectivity index (χ1) is 20.5. The number of aliphatic hydroxyl groups is 1. The summed E-state index contributed by atoms with van der Waals surface area (Å²) in [4.78, 5) is 11.1. The van der Waals surface area contributed by atoms with Gasteiger partial charge < -0.3 is 5.11 Å². The minimum Gasteiger partial charge on any atom is -0.506 e. The van der Waals surface area contributed by atoms with Gasteiger partial charge in [-0.15, -0.1) is 0 Å². The summed E-state index contributed by atoms with van der Waals surface area (Å²) in [5.74, 6) is -117. The van der Waals surface area contributed by atoms with E-state index in [2.05, 4.69) is 0 Å². The highest BCUT2D eigenvalue weighted by molar-refractivity contribution is 5.97. The number of carbonyl (C=O) groups is 1. The van der Waals surface area contributed by atoms with Crippen molar-refractivity contribution in [1.82, 2.24) is 0 Å². The van der Waals surface area contributed by atoms with Crippen LogP contribution in [0.25, 0.3) is 0 Å². The van der Waals surface area contributed by atoms with Gasteiger partial charge in [-0.25, -0.2) is 0 Å². The molecule has 0 amide bonds. The van der Waals surface area contributed by atoms with Crippen LogP contribution in [0.5, 0.6) is 0 Å². The Labute approximate surface area is 244 Å². The molecule has 0 unspecified atom stereocenters. The maximum absolute atomic E-state index is 13.7. The zero-order valence-corrected chi connectivity index (χ0v) is 20.8. The Morgan fingerprint density at radius 1 is 0.306 bits per heavy atom. The SMILES string of the molecule is O=C(C=C(O)C(F)(F)C(F)(F)C(F)(F)C(F)(F)C(F)(F)C(F)(F)C(F)(F)F)C(F)(F)C(F)(F)C(F)(F)C(F)(F)C(F)(F)C(F)(F)C(F)(F)F. The van der Waals surface area contributed by atoms with Gasteiger partial charge in [-0.1, -0.05) is 0 Å². The fourth-order valence-corrected chi connectivity index (χ4v) is 2.55. The van der Waals surface area contributed by atoms with Crippen LogP contribution in [0.3, 0.4) is 0 Å².